The highest BCUT2D eigenvalue weighted by atomic mass is 32.2. The Morgan fingerprint density at radius 2 is 1.92 bits per heavy atom. The van der Waals surface area contributed by atoms with E-state index in [-0.39, 0.29) is 0 Å². The molecule has 1 N–H and O–H groups in total. The minimum atomic E-state index is 0.974. The molecule has 0 aromatic heterocycles. The molecular weight excluding hydrogens is 178 g/mol. The van der Waals surface area contributed by atoms with Gasteiger partial charge < -0.3 is 0 Å². The van der Waals surface area contributed by atoms with Crippen LogP contribution in [-0.2, 0) is 0 Å². The first-order valence-electron chi connectivity index (χ1n) is 4.71. The number of allylic oxidation sites excluding steroid dienone is 3. The molecule has 0 rings (SSSR count). The van der Waals surface area contributed by atoms with Crippen LogP contribution in [-0.4, -0.2) is 12.8 Å². The van der Waals surface area contributed by atoms with Gasteiger partial charge in [-0.25, -0.2) is 0 Å². The Labute approximate surface area is 86.8 Å². The third kappa shape index (κ3) is 9.71. The second-order valence-corrected chi connectivity index (χ2v) is 4.12. The van der Waals surface area contributed by atoms with Crippen LogP contribution in [0.15, 0.2) is 23.3 Å². The Hall–Kier alpha value is -0.210. The lowest BCUT2D eigenvalue weighted by Crippen LogP contribution is -2.01. The van der Waals surface area contributed by atoms with Gasteiger partial charge in [-0.2, -0.15) is 0 Å². The van der Waals surface area contributed by atoms with E-state index in [4.69, 9.17) is 0 Å². The highest BCUT2D eigenvalue weighted by Crippen LogP contribution is 2.05. The Bertz CT molecular complexity index is 179. The topological polar surface area (TPSA) is 12.0 Å². The highest BCUT2D eigenvalue weighted by molar-refractivity contribution is 7.96. The second kappa shape index (κ2) is 8.39. The summed E-state index contributed by atoms with van der Waals surface area (Å²) in [6.07, 6.45) is 8.95. The lowest BCUT2D eigenvalue weighted by atomic mass is 10.1. The van der Waals surface area contributed by atoms with Crippen LogP contribution >= 0.6 is 11.9 Å². The smallest absolute Gasteiger partial charge is 0.0242 e. The molecule has 0 amide bonds. The average molecular weight is 199 g/mol. The van der Waals surface area contributed by atoms with Gasteiger partial charge in [0.05, 0.1) is 0 Å². The van der Waals surface area contributed by atoms with E-state index in [1.165, 1.54) is 24.0 Å². The largest absolute Gasteiger partial charge is 0.261 e. The first-order valence-corrected chi connectivity index (χ1v) is 5.94. The van der Waals surface area contributed by atoms with E-state index in [1.54, 1.807) is 11.9 Å². The van der Waals surface area contributed by atoms with Gasteiger partial charge in [0.15, 0.2) is 0 Å². The fourth-order valence-electron chi connectivity index (χ4n) is 0.990. The number of hydrogen-bond donors (Lipinski definition) is 1. The Kier molecular flexibility index (Phi) is 8.26. The Morgan fingerprint density at radius 3 is 2.46 bits per heavy atom. The van der Waals surface area contributed by atoms with Crippen LogP contribution in [0.3, 0.4) is 0 Å². The van der Waals surface area contributed by atoms with Crippen LogP contribution in [0.4, 0.5) is 0 Å². The van der Waals surface area contributed by atoms with Gasteiger partial charge >= 0.3 is 0 Å². The van der Waals surface area contributed by atoms with Gasteiger partial charge in [0.1, 0.15) is 0 Å². The molecule has 0 aromatic carbocycles. The fourth-order valence-corrected chi connectivity index (χ4v) is 1.24. The quantitative estimate of drug-likeness (QED) is 0.399. The molecule has 0 bridgehead atoms. The summed E-state index contributed by atoms with van der Waals surface area (Å²) in [5.74, 6) is 0. The van der Waals surface area contributed by atoms with Crippen molar-refractivity contribution in [3.05, 3.63) is 23.3 Å². The summed E-state index contributed by atoms with van der Waals surface area (Å²) in [6, 6.07) is 0. The maximum absolute atomic E-state index is 3.20. The molecule has 0 radical (unpaired) electrons. The van der Waals surface area contributed by atoms with Crippen molar-refractivity contribution in [2.45, 2.75) is 33.6 Å². The predicted molar refractivity (Wildman–Crippen MR) is 63.9 cm³/mol. The van der Waals surface area contributed by atoms with Crippen molar-refractivity contribution in [2.24, 2.45) is 0 Å². The lowest BCUT2D eigenvalue weighted by Gasteiger charge is -1.99. The molecule has 0 saturated carbocycles. The summed E-state index contributed by atoms with van der Waals surface area (Å²) in [4.78, 5) is 0. The van der Waals surface area contributed by atoms with Crippen molar-refractivity contribution in [3.63, 3.8) is 0 Å². The van der Waals surface area contributed by atoms with Gasteiger partial charge in [0, 0.05) is 6.54 Å². The maximum atomic E-state index is 3.20. The molecule has 76 valence electrons. The Balaban J connectivity index is 3.55. The minimum Gasteiger partial charge on any atom is -0.261 e. The van der Waals surface area contributed by atoms with E-state index in [0.717, 1.165) is 6.54 Å². The monoisotopic (exact) mass is 199 g/mol. The maximum Gasteiger partial charge on any atom is 0.0242 e. The third-order valence-corrected chi connectivity index (χ3v) is 2.22. The normalized spacial score (nSPS) is 11.5. The summed E-state index contributed by atoms with van der Waals surface area (Å²) >= 11 is 1.67. The van der Waals surface area contributed by atoms with Crippen molar-refractivity contribution in [1.29, 1.82) is 0 Å². The summed E-state index contributed by atoms with van der Waals surface area (Å²) in [5, 5.41) is 0. The van der Waals surface area contributed by atoms with Crippen molar-refractivity contribution in [3.8, 4) is 0 Å². The van der Waals surface area contributed by atoms with E-state index < -0.39 is 0 Å². The van der Waals surface area contributed by atoms with Gasteiger partial charge in [-0.3, -0.25) is 4.72 Å². The van der Waals surface area contributed by atoms with Crippen LogP contribution in [0.25, 0.3) is 0 Å². The molecule has 0 atom stereocenters. The van der Waals surface area contributed by atoms with Crippen LogP contribution < -0.4 is 4.72 Å². The number of rotatable bonds is 6. The van der Waals surface area contributed by atoms with Crippen LogP contribution in [0.5, 0.6) is 0 Å². The first-order chi connectivity index (χ1) is 6.16. The van der Waals surface area contributed by atoms with Gasteiger partial charge in [0.25, 0.3) is 0 Å². The second-order valence-electron chi connectivity index (χ2n) is 3.42. The van der Waals surface area contributed by atoms with Crippen molar-refractivity contribution in [1.82, 2.24) is 4.72 Å². The van der Waals surface area contributed by atoms with E-state index in [2.05, 4.69) is 37.6 Å². The first kappa shape index (κ1) is 12.8. The van der Waals surface area contributed by atoms with Crippen LogP contribution in [0.1, 0.15) is 33.6 Å². The minimum absolute atomic E-state index is 0.974. The molecule has 2 heteroatoms. The van der Waals surface area contributed by atoms with Gasteiger partial charge in [-0.15, -0.1) is 0 Å². The average Bonchev–Trinajstić information content (AvgIpc) is 2.04. The molecule has 0 saturated heterocycles. The van der Waals surface area contributed by atoms with Crippen molar-refractivity contribution < 1.29 is 0 Å². The van der Waals surface area contributed by atoms with Gasteiger partial charge in [0.2, 0.25) is 0 Å². The molecule has 0 unspecified atom stereocenters. The molecule has 0 aliphatic rings. The standard InChI is InChI=1S/C11H21NS/c1-10(2)6-5-7-11(3)8-9-12-13-4/h6,8,12H,5,7,9H2,1-4H3/b11-8+. The summed E-state index contributed by atoms with van der Waals surface area (Å²) in [6.45, 7) is 7.46. The zero-order valence-corrected chi connectivity index (χ0v) is 10.0. The van der Waals surface area contributed by atoms with Crippen LogP contribution in [0, 0.1) is 0 Å². The lowest BCUT2D eigenvalue weighted by molar-refractivity contribution is 0.950. The van der Waals surface area contributed by atoms with Crippen molar-refractivity contribution in [2.75, 3.05) is 12.8 Å². The van der Waals surface area contributed by atoms with E-state index in [0.29, 0.717) is 0 Å². The third-order valence-electron chi connectivity index (χ3n) is 1.77. The molecule has 0 heterocycles. The molecular formula is C11H21NS. The number of hydrogen-bond acceptors (Lipinski definition) is 2. The summed E-state index contributed by atoms with van der Waals surface area (Å²) in [7, 11) is 0. The molecule has 1 nitrogen and oxygen atoms in total. The molecule has 0 spiro atoms. The predicted octanol–water partition coefficient (Wildman–Crippen LogP) is 3.55. The SMILES string of the molecule is CSNC/C=C(\C)CCC=C(C)C. The summed E-state index contributed by atoms with van der Waals surface area (Å²) in [5.41, 5.74) is 2.88. The zero-order chi connectivity index (χ0) is 10.1. The zero-order valence-electron chi connectivity index (χ0n) is 9.18. The fraction of sp³-hybridized carbons (Fsp3) is 0.636. The van der Waals surface area contributed by atoms with E-state index in [1.807, 2.05) is 6.26 Å². The molecule has 0 aliphatic carbocycles. The Morgan fingerprint density at radius 1 is 1.23 bits per heavy atom. The van der Waals surface area contributed by atoms with E-state index in [9.17, 15) is 0 Å². The number of nitrogens with one attached hydrogen (secondary N) is 1. The highest BCUT2D eigenvalue weighted by Gasteiger charge is 1.88. The summed E-state index contributed by atoms with van der Waals surface area (Å²) < 4.78 is 3.20. The van der Waals surface area contributed by atoms with Gasteiger partial charge in [-0.05, 0) is 39.9 Å². The molecule has 13 heavy (non-hydrogen) atoms. The van der Waals surface area contributed by atoms with Gasteiger partial charge in [-0.1, -0.05) is 35.2 Å². The molecule has 0 fully saturated rings. The van der Waals surface area contributed by atoms with Crippen LogP contribution in [0.2, 0.25) is 0 Å². The van der Waals surface area contributed by atoms with E-state index >= 15 is 0 Å². The molecule has 0 aliphatic heterocycles. The van der Waals surface area contributed by atoms with Crippen molar-refractivity contribution >= 4 is 11.9 Å². The molecule has 0 aromatic rings.